The van der Waals surface area contributed by atoms with Crippen LogP contribution in [0.25, 0.3) is 0 Å². The first-order valence-corrected chi connectivity index (χ1v) is 9.14. The second-order valence-corrected chi connectivity index (χ2v) is 6.59. The number of carboxylic acids is 1. The van der Waals surface area contributed by atoms with Gasteiger partial charge >= 0.3 is 5.97 Å². The second-order valence-electron chi connectivity index (χ2n) is 6.59. The molecule has 7 heteroatoms. The summed E-state index contributed by atoms with van der Waals surface area (Å²) in [4.78, 5) is 25.1. The number of ether oxygens (including phenoxy) is 1. The first-order valence-electron chi connectivity index (χ1n) is 9.14. The van der Waals surface area contributed by atoms with E-state index in [1.54, 1.807) is 30.3 Å². The minimum Gasteiger partial charge on any atom is -0.489 e. The van der Waals surface area contributed by atoms with Crippen molar-refractivity contribution in [3.8, 4) is 5.75 Å². The molecule has 0 aliphatic heterocycles. The Morgan fingerprint density at radius 2 is 1.57 bits per heavy atom. The van der Waals surface area contributed by atoms with Gasteiger partial charge in [0.05, 0.1) is 0 Å². The van der Waals surface area contributed by atoms with Crippen molar-refractivity contribution < 1.29 is 28.2 Å². The average molecular weight is 411 g/mol. The average Bonchev–Trinajstić information content (AvgIpc) is 2.74. The van der Waals surface area contributed by atoms with E-state index in [1.165, 1.54) is 42.5 Å². The van der Waals surface area contributed by atoms with Crippen molar-refractivity contribution in [3.63, 3.8) is 0 Å². The van der Waals surface area contributed by atoms with Crippen molar-refractivity contribution in [1.82, 2.24) is 4.90 Å². The van der Waals surface area contributed by atoms with E-state index in [9.17, 15) is 18.4 Å². The first-order chi connectivity index (χ1) is 14.4. The minimum atomic E-state index is -1.16. The SMILES string of the molecule is O=C(O)CN(Cc1ccc(F)cc1)C(=O)c1ccc(OCc2ccccc2F)cc1. The second kappa shape index (κ2) is 9.65. The Kier molecular flexibility index (Phi) is 6.75. The third-order valence-electron chi connectivity index (χ3n) is 4.35. The van der Waals surface area contributed by atoms with E-state index < -0.39 is 24.2 Å². The quantitative estimate of drug-likeness (QED) is 0.601. The molecule has 1 N–H and O–H groups in total. The molecule has 0 saturated heterocycles. The number of carboxylic acid groups (broad SMARTS) is 1. The molecule has 30 heavy (non-hydrogen) atoms. The maximum Gasteiger partial charge on any atom is 0.323 e. The summed E-state index contributed by atoms with van der Waals surface area (Å²) >= 11 is 0. The maximum absolute atomic E-state index is 13.7. The number of hydrogen-bond acceptors (Lipinski definition) is 3. The molecule has 3 aromatic carbocycles. The van der Waals surface area contributed by atoms with Gasteiger partial charge in [-0.05, 0) is 48.0 Å². The van der Waals surface area contributed by atoms with E-state index in [-0.39, 0.29) is 24.5 Å². The van der Waals surface area contributed by atoms with Crippen LogP contribution in [0.3, 0.4) is 0 Å². The van der Waals surface area contributed by atoms with Gasteiger partial charge in [-0.1, -0.05) is 30.3 Å². The molecular formula is C23H19F2NO4. The van der Waals surface area contributed by atoms with Gasteiger partial charge in [0.2, 0.25) is 0 Å². The number of hydrogen-bond donors (Lipinski definition) is 1. The number of nitrogens with zero attached hydrogens (tertiary/aromatic N) is 1. The number of amides is 1. The Morgan fingerprint density at radius 3 is 2.20 bits per heavy atom. The van der Waals surface area contributed by atoms with E-state index in [2.05, 4.69) is 0 Å². The molecule has 3 aromatic rings. The maximum atomic E-state index is 13.7. The molecule has 0 atom stereocenters. The Bertz CT molecular complexity index is 1020. The van der Waals surface area contributed by atoms with Gasteiger partial charge in [-0.15, -0.1) is 0 Å². The smallest absolute Gasteiger partial charge is 0.323 e. The van der Waals surface area contributed by atoms with Gasteiger partial charge in [0.15, 0.2) is 0 Å². The van der Waals surface area contributed by atoms with Crippen molar-refractivity contribution in [1.29, 1.82) is 0 Å². The predicted molar refractivity (Wildman–Crippen MR) is 106 cm³/mol. The van der Waals surface area contributed by atoms with Crippen LogP contribution in [0.15, 0.2) is 72.8 Å². The van der Waals surface area contributed by atoms with Gasteiger partial charge in [0, 0.05) is 17.7 Å². The van der Waals surface area contributed by atoms with Gasteiger partial charge < -0.3 is 14.7 Å². The highest BCUT2D eigenvalue weighted by Crippen LogP contribution is 2.18. The van der Waals surface area contributed by atoms with Crippen LogP contribution < -0.4 is 4.74 Å². The normalized spacial score (nSPS) is 10.5. The predicted octanol–water partition coefficient (Wildman–Crippen LogP) is 4.27. The highest BCUT2D eigenvalue weighted by atomic mass is 19.1. The fourth-order valence-corrected chi connectivity index (χ4v) is 2.83. The van der Waals surface area contributed by atoms with Crippen LogP contribution in [0.4, 0.5) is 8.78 Å². The van der Waals surface area contributed by atoms with Gasteiger partial charge in [0.25, 0.3) is 5.91 Å². The summed E-state index contributed by atoms with van der Waals surface area (Å²) < 4.78 is 32.3. The Labute approximate surface area is 172 Å². The third-order valence-corrected chi connectivity index (χ3v) is 4.35. The molecule has 154 valence electrons. The lowest BCUT2D eigenvalue weighted by Gasteiger charge is -2.21. The fourth-order valence-electron chi connectivity index (χ4n) is 2.83. The highest BCUT2D eigenvalue weighted by Gasteiger charge is 2.19. The van der Waals surface area contributed by atoms with Crippen LogP contribution in [-0.2, 0) is 17.9 Å². The van der Waals surface area contributed by atoms with Gasteiger partial charge in [0.1, 0.15) is 30.5 Å². The number of benzene rings is 3. The molecule has 0 bridgehead atoms. The molecule has 0 radical (unpaired) electrons. The number of carbonyl (C=O) groups excluding carboxylic acids is 1. The molecule has 0 heterocycles. The zero-order valence-electron chi connectivity index (χ0n) is 15.9. The zero-order chi connectivity index (χ0) is 21.5. The van der Waals surface area contributed by atoms with Crippen LogP contribution in [0.1, 0.15) is 21.5 Å². The topological polar surface area (TPSA) is 66.8 Å². The summed E-state index contributed by atoms with van der Waals surface area (Å²) in [5, 5.41) is 9.14. The molecule has 1 amide bonds. The van der Waals surface area contributed by atoms with Crippen LogP contribution in [-0.4, -0.2) is 28.4 Å². The van der Waals surface area contributed by atoms with Crippen LogP contribution in [0.2, 0.25) is 0 Å². The molecule has 0 spiro atoms. The first kappa shape index (κ1) is 21.0. The van der Waals surface area contributed by atoms with E-state index in [0.717, 1.165) is 4.90 Å². The number of rotatable bonds is 8. The molecule has 0 fully saturated rings. The minimum absolute atomic E-state index is 0.0248. The number of carbonyl (C=O) groups is 2. The Morgan fingerprint density at radius 1 is 0.900 bits per heavy atom. The van der Waals surface area contributed by atoms with Gasteiger partial charge in [-0.25, -0.2) is 8.78 Å². The van der Waals surface area contributed by atoms with E-state index in [1.807, 2.05) is 0 Å². The largest absolute Gasteiger partial charge is 0.489 e. The molecule has 0 aliphatic rings. The van der Waals surface area contributed by atoms with Crippen molar-refractivity contribution in [2.45, 2.75) is 13.2 Å². The van der Waals surface area contributed by atoms with Crippen molar-refractivity contribution in [3.05, 3.63) is 101 Å². The summed E-state index contributed by atoms with van der Waals surface area (Å²) in [7, 11) is 0. The lowest BCUT2D eigenvalue weighted by molar-refractivity contribution is -0.137. The van der Waals surface area contributed by atoms with E-state index >= 15 is 0 Å². The van der Waals surface area contributed by atoms with Gasteiger partial charge in [-0.3, -0.25) is 9.59 Å². The molecule has 0 aromatic heterocycles. The molecule has 5 nitrogen and oxygen atoms in total. The van der Waals surface area contributed by atoms with Crippen LogP contribution >= 0.6 is 0 Å². The lowest BCUT2D eigenvalue weighted by atomic mass is 10.1. The molecule has 0 saturated carbocycles. The highest BCUT2D eigenvalue weighted by molar-refractivity contribution is 5.95. The summed E-state index contributed by atoms with van der Waals surface area (Å²) in [5.41, 5.74) is 1.29. The number of aliphatic carboxylic acids is 1. The molecular weight excluding hydrogens is 392 g/mol. The van der Waals surface area contributed by atoms with Gasteiger partial charge in [-0.2, -0.15) is 0 Å². The third kappa shape index (κ3) is 5.64. The lowest BCUT2D eigenvalue weighted by Crippen LogP contribution is -2.35. The van der Waals surface area contributed by atoms with Crippen molar-refractivity contribution in [2.75, 3.05) is 6.54 Å². The molecule has 0 aliphatic carbocycles. The van der Waals surface area contributed by atoms with Crippen molar-refractivity contribution >= 4 is 11.9 Å². The standard InChI is InChI=1S/C23H19F2NO4/c24-19-9-5-16(6-10-19)13-26(14-22(27)28)23(29)17-7-11-20(12-8-17)30-15-18-3-1-2-4-21(18)25/h1-12H,13-15H2,(H,27,28). The zero-order valence-corrected chi connectivity index (χ0v) is 15.9. The van der Waals surface area contributed by atoms with E-state index in [4.69, 9.17) is 9.84 Å². The van der Waals surface area contributed by atoms with Crippen molar-refractivity contribution in [2.24, 2.45) is 0 Å². The van der Waals surface area contributed by atoms with Crippen LogP contribution in [0.5, 0.6) is 5.75 Å². The molecule has 3 rings (SSSR count). The summed E-state index contributed by atoms with van der Waals surface area (Å²) in [6.45, 7) is -0.436. The molecule has 0 unspecified atom stereocenters. The Balaban J connectivity index is 1.68. The monoisotopic (exact) mass is 411 g/mol. The summed E-state index contributed by atoms with van der Waals surface area (Å²) in [6, 6.07) is 17.9. The summed E-state index contributed by atoms with van der Waals surface area (Å²) in [5.74, 6) is -1.98. The Hall–Kier alpha value is -3.74. The fraction of sp³-hybridized carbons (Fsp3) is 0.130. The summed E-state index contributed by atoms with van der Waals surface area (Å²) in [6.07, 6.45) is 0. The van der Waals surface area contributed by atoms with Crippen LogP contribution in [0, 0.1) is 11.6 Å². The number of halogens is 2. The van der Waals surface area contributed by atoms with E-state index in [0.29, 0.717) is 16.9 Å².